The Labute approximate surface area is 175 Å². The molecule has 2 saturated heterocycles. The summed E-state index contributed by atoms with van der Waals surface area (Å²) >= 11 is 3.48. The van der Waals surface area contributed by atoms with E-state index in [1.165, 1.54) is 11.3 Å². The fourth-order valence-corrected chi connectivity index (χ4v) is 5.60. The third kappa shape index (κ3) is 3.08. The number of fused-ring (bicyclic) bond motifs is 2. The number of carbonyl (C=O) groups excluding carboxylic acids is 2. The van der Waals surface area contributed by atoms with Crippen LogP contribution in [0.5, 0.6) is 0 Å². The topological polar surface area (TPSA) is 92.4 Å². The molecule has 4 rings (SSSR count). The fourth-order valence-electron chi connectivity index (χ4n) is 4.13. The van der Waals surface area contributed by atoms with Crippen LogP contribution in [0, 0.1) is 25.7 Å². The van der Waals surface area contributed by atoms with E-state index >= 15 is 0 Å². The van der Waals surface area contributed by atoms with E-state index in [2.05, 4.69) is 32.8 Å². The Morgan fingerprint density at radius 3 is 2.33 bits per heavy atom. The maximum Gasteiger partial charge on any atom is 0.266 e. The number of thiophene rings is 1. The molecule has 2 fully saturated rings. The minimum Gasteiger partial charge on any atom is -0.397 e. The van der Waals surface area contributed by atoms with Crippen molar-refractivity contribution in [2.75, 3.05) is 31.9 Å². The number of halogens is 1. The van der Waals surface area contributed by atoms with Gasteiger partial charge in [0.1, 0.15) is 9.71 Å². The summed E-state index contributed by atoms with van der Waals surface area (Å²) in [5.74, 6) is 0.878. The summed E-state index contributed by atoms with van der Waals surface area (Å²) in [6.45, 7) is 8.62. The van der Waals surface area contributed by atoms with Crippen molar-refractivity contribution in [2.24, 2.45) is 11.8 Å². The Hall–Kier alpha value is -1.49. The highest BCUT2D eigenvalue weighted by Gasteiger charge is 2.44. The van der Waals surface area contributed by atoms with E-state index in [9.17, 15) is 9.59 Å². The van der Waals surface area contributed by atoms with Crippen LogP contribution in [0.2, 0.25) is 0 Å². The smallest absolute Gasteiger partial charge is 0.266 e. The van der Waals surface area contributed by atoms with Crippen molar-refractivity contribution in [2.45, 2.75) is 24.7 Å². The summed E-state index contributed by atoms with van der Waals surface area (Å²) in [5.41, 5.74) is 8.66. The minimum atomic E-state index is -0.0258. The van der Waals surface area contributed by atoms with Gasteiger partial charge in [0.05, 0.1) is 15.3 Å². The zero-order valence-electron chi connectivity index (χ0n) is 15.5. The number of rotatable bonds is 2. The van der Waals surface area contributed by atoms with Crippen LogP contribution in [-0.4, -0.2) is 61.9 Å². The van der Waals surface area contributed by atoms with Crippen molar-refractivity contribution < 1.29 is 9.59 Å². The van der Waals surface area contributed by atoms with Crippen molar-refractivity contribution in [1.29, 1.82) is 0 Å². The molecule has 2 N–H and O–H groups in total. The third-order valence-electron chi connectivity index (χ3n) is 5.75. The average molecular weight is 499 g/mol. The number of nitrogens with zero attached hydrogens (tertiary/aromatic N) is 4. The number of hydrogen-bond donors (Lipinski definition) is 1. The number of aromatic nitrogens is 2. The van der Waals surface area contributed by atoms with Crippen LogP contribution >= 0.6 is 33.9 Å². The molecule has 0 radical (unpaired) electrons. The highest BCUT2D eigenvalue weighted by atomic mass is 127. The van der Waals surface area contributed by atoms with Gasteiger partial charge in [-0.2, -0.15) is 5.10 Å². The predicted molar refractivity (Wildman–Crippen MR) is 114 cm³/mol. The van der Waals surface area contributed by atoms with E-state index in [1.54, 1.807) is 0 Å². The SMILES string of the molecule is Cc1nnc2sc(C(=O)N3CC4CN(C(=O)C(C)I)CC4C3)c(N)c2c1C. The predicted octanol–water partition coefficient (Wildman–Crippen LogP) is 2.24. The van der Waals surface area contributed by atoms with Crippen molar-refractivity contribution in [3.8, 4) is 0 Å². The largest absolute Gasteiger partial charge is 0.397 e. The first-order chi connectivity index (χ1) is 12.8. The molecule has 0 spiro atoms. The number of likely N-dealkylation sites (tertiary alicyclic amines) is 2. The standard InChI is InChI=1S/C18H22IN5O2S/c1-8-10(3)21-22-16-13(8)14(20)15(27-16)18(26)24-6-11-4-23(5-12(11)7-24)17(25)9(2)19/h9,11-12H,4-7,20H2,1-3H3. The molecule has 7 nitrogen and oxygen atoms in total. The molecule has 144 valence electrons. The van der Waals surface area contributed by atoms with Gasteiger partial charge in [0.25, 0.3) is 5.91 Å². The van der Waals surface area contributed by atoms with E-state index in [0.29, 0.717) is 40.3 Å². The van der Waals surface area contributed by atoms with Crippen LogP contribution in [0.1, 0.15) is 27.9 Å². The Balaban J connectivity index is 1.53. The number of aryl methyl sites for hydroxylation is 2. The number of carbonyl (C=O) groups is 2. The Morgan fingerprint density at radius 2 is 1.74 bits per heavy atom. The van der Waals surface area contributed by atoms with Crippen molar-refractivity contribution in [1.82, 2.24) is 20.0 Å². The summed E-state index contributed by atoms with van der Waals surface area (Å²) in [6.07, 6.45) is 0. The van der Waals surface area contributed by atoms with Crippen molar-refractivity contribution in [3.63, 3.8) is 0 Å². The Bertz CT molecular complexity index is 929. The lowest BCUT2D eigenvalue weighted by molar-refractivity contribution is -0.129. The van der Waals surface area contributed by atoms with Gasteiger partial charge in [-0.05, 0) is 26.3 Å². The third-order valence-corrected chi connectivity index (χ3v) is 7.37. The molecule has 2 amide bonds. The molecular weight excluding hydrogens is 477 g/mol. The molecule has 3 unspecified atom stereocenters. The van der Waals surface area contributed by atoms with Gasteiger partial charge < -0.3 is 15.5 Å². The Morgan fingerprint density at radius 1 is 1.15 bits per heavy atom. The molecule has 9 heteroatoms. The van der Waals surface area contributed by atoms with Crippen LogP contribution in [0.15, 0.2) is 0 Å². The van der Waals surface area contributed by atoms with E-state index in [1.807, 2.05) is 30.6 Å². The maximum atomic E-state index is 13.1. The molecule has 0 aromatic carbocycles. The van der Waals surface area contributed by atoms with Crippen LogP contribution in [-0.2, 0) is 4.79 Å². The van der Waals surface area contributed by atoms with Crippen LogP contribution < -0.4 is 5.73 Å². The van der Waals surface area contributed by atoms with E-state index < -0.39 is 0 Å². The van der Waals surface area contributed by atoms with E-state index in [0.717, 1.165) is 29.7 Å². The van der Waals surface area contributed by atoms with Gasteiger partial charge in [0.2, 0.25) is 5.91 Å². The van der Waals surface area contributed by atoms with Crippen LogP contribution in [0.25, 0.3) is 10.2 Å². The molecule has 2 aromatic rings. The van der Waals surface area contributed by atoms with Crippen molar-refractivity contribution >= 4 is 61.6 Å². The Kier molecular flexibility index (Phi) is 4.77. The lowest BCUT2D eigenvalue weighted by Crippen LogP contribution is -2.37. The highest BCUT2D eigenvalue weighted by molar-refractivity contribution is 14.1. The van der Waals surface area contributed by atoms with Gasteiger partial charge in [0.15, 0.2) is 0 Å². The summed E-state index contributed by atoms with van der Waals surface area (Å²) in [6, 6.07) is 0. The van der Waals surface area contributed by atoms with Gasteiger partial charge in [0, 0.05) is 43.4 Å². The van der Waals surface area contributed by atoms with Gasteiger partial charge in [-0.1, -0.05) is 22.6 Å². The second-order valence-electron chi connectivity index (χ2n) is 7.52. The van der Waals surface area contributed by atoms with Gasteiger partial charge in [-0.3, -0.25) is 9.59 Å². The van der Waals surface area contributed by atoms with Gasteiger partial charge >= 0.3 is 0 Å². The van der Waals surface area contributed by atoms with E-state index in [4.69, 9.17) is 5.73 Å². The van der Waals surface area contributed by atoms with Gasteiger partial charge in [-0.15, -0.1) is 16.4 Å². The van der Waals surface area contributed by atoms with Gasteiger partial charge in [-0.25, -0.2) is 0 Å². The highest BCUT2D eigenvalue weighted by Crippen LogP contribution is 2.38. The average Bonchev–Trinajstić information content (AvgIpc) is 3.28. The second kappa shape index (κ2) is 6.84. The number of nitrogens with two attached hydrogens (primary N) is 1. The number of alkyl halides is 1. The molecule has 27 heavy (non-hydrogen) atoms. The first kappa shape index (κ1) is 18.9. The molecular formula is C18H22IN5O2S. The zero-order chi connectivity index (χ0) is 19.5. The molecule has 2 aromatic heterocycles. The lowest BCUT2D eigenvalue weighted by Gasteiger charge is -2.22. The zero-order valence-corrected chi connectivity index (χ0v) is 18.5. The number of hydrogen-bond acceptors (Lipinski definition) is 6. The normalized spacial score (nSPS) is 23.1. The lowest BCUT2D eigenvalue weighted by atomic mass is 10.0. The van der Waals surface area contributed by atoms with Crippen molar-refractivity contribution in [3.05, 3.63) is 16.1 Å². The molecule has 3 atom stereocenters. The summed E-state index contributed by atoms with van der Waals surface area (Å²) in [4.78, 5) is 30.5. The minimum absolute atomic E-state index is 0.00897. The molecule has 4 heterocycles. The van der Waals surface area contributed by atoms with Crippen LogP contribution in [0.3, 0.4) is 0 Å². The molecule has 0 aliphatic carbocycles. The monoisotopic (exact) mass is 499 g/mol. The fraction of sp³-hybridized carbons (Fsp3) is 0.556. The maximum absolute atomic E-state index is 13.1. The first-order valence-electron chi connectivity index (χ1n) is 9.02. The second-order valence-corrected chi connectivity index (χ2v) is 10.4. The molecule has 0 saturated carbocycles. The number of anilines is 1. The summed E-state index contributed by atoms with van der Waals surface area (Å²) < 4.78 is -0.00897. The molecule has 2 aliphatic rings. The van der Waals surface area contributed by atoms with Crippen LogP contribution in [0.4, 0.5) is 5.69 Å². The molecule has 2 aliphatic heterocycles. The molecule has 0 bridgehead atoms. The summed E-state index contributed by atoms with van der Waals surface area (Å²) in [7, 11) is 0. The van der Waals surface area contributed by atoms with E-state index in [-0.39, 0.29) is 15.7 Å². The summed E-state index contributed by atoms with van der Waals surface area (Å²) in [5, 5.41) is 9.20. The quantitative estimate of drug-likeness (QED) is 0.506. The number of nitrogen functional groups attached to an aromatic ring is 1. The number of amides is 2. The first-order valence-corrected chi connectivity index (χ1v) is 11.1.